The number of fused-ring (bicyclic) bond motifs is 5. The molecule has 4 aliphatic rings. The molecule has 0 radical (unpaired) electrons. The fraction of sp³-hybridized carbons (Fsp3) is 0.935. The summed E-state index contributed by atoms with van der Waals surface area (Å²) >= 11 is 0. The summed E-state index contributed by atoms with van der Waals surface area (Å²) in [6, 6.07) is 0. The molecular weight excluding hydrogens is 921 g/mol. The number of rotatable bonds is 43. The Morgan fingerprint density at radius 3 is 1.93 bits per heavy atom. The summed E-state index contributed by atoms with van der Waals surface area (Å²) in [6.45, 7) is 33.0. The molecule has 4 aliphatic carbocycles. The summed E-state index contributed by atoms with van der Waals surface area (Å²) < 4.78 is 11.2. The molecule has 0 bridgehead atoms. The zero-order valence-corrected chi connectivity index (χ0v) is 49.7. The van der Waals surface area contributed by atoms with Gasteiger partial charge in [-0.1, -0.05) is 118 Å². The van der Waals surface area contributed by atoms with E-state index in [2.05, 4.69) is 90.5 Å². The van der Waals surface area contributed by atoms with E-state index >= 15 is 0 Å². The van der Waals surface area contributed by atoms with Crippen LogP contribution in [0.4, 0.5) is 4.79 Å². The number of nitrogens with zero attached hydrogens (tertiary/aromatic N) is 3. The average molecular weight is 1040 g/mol. The van der Waals surface area contributed by atoms with Crippen molar-refractivity contribution in [2.75, 3.05) is 118 Å². The molecule has 0 spiro atoms. The van der Waals surface area contributed by atoms with E-state index in [0.717, 1.165) is 146 Å². The predicted octanol–water partition coefficient (Wildman–Crippen LogP) is 11.0. The summed E-state index contributed by atoms with van der Waals surface area (Å²) in [5, 5.41) is 13.5. The minimum absolute atomic E-state index is 0.00974. The highest BCUT2D eigenvalue weighted by Gasteiger charge is 2.59. The maximum absolute atomic E-state index is 13.3. The first-order valence-electron chi connectivity index (χ1n) is 31.6. The van der Waals surface area contributed by atoms with Crippen LogP contribution in [0.3, 0.4) is 0 Å². The van der Waals surface area contributed by atoms with E-state index in [1.54, 1.807) is 12.7 Å². The Labute approximate surface area is 456 Å². The highest BCUT2D eigenvalue weighted by Crippen LogP contribution is 2.67. The van der Waals surface area contributed by atoms with Crippen molar-refractivity contribution in [1.82, 2.24) is 36.0 Å². The summed E-state index contributed by atoms with van der Waals surface area (Å²) in [5.41, 5.74) is 8.40. The van der Waals surface area contributed by atoms with Crippen molar-refractivity contribution in [1.29, 1.82) is 0 Å². The highest BCUT2D eigenvalue weighted by atomic mass is 16.6. The van der Waals surface area contributed by atoms with Gasteiger partial charge in [-0.3, -0.25) is 4.79 Å². The van der Waals surface area contributed by atoms with Crippen molar-refractivity contribution in [3.63, 3.8) is 0 Å². The second kappa shape index (κ2) is 37.1. The molecule has 0 aromatic heterocycles. The number of alkyl carbamates (subject to hydrolysis) is 1. The maximum Gasteiger partial charge on any atom is 0.407 e. The number of ether oxygens (including phenoxy) is 2. The Bertz CT molecular complexity index is 1520. The zero-order chi connectivity index (χ0) is 53.4. The van der Waals surface area contributed by atoms with Crippen molar-refractivity contribution >= 4 is 12.0 Å². The van der Waals surface area contributed by atoms with E-state index in [0.29, 0.717) is 38.1 Å². The van der Waals surface area contributed by atoms with E-state index in [-0.39, 0.29) is 23.5 Å². The third kappa shape index (κ3) is 22.9. The number of allylic oxidation sites excluding steroid dienone is 1. The molecule has 6 N–H and O–H groups in total. The second-order valence-electron chi connectivity index (χ2n) is 24.9. The SMILES string of the molecule is CCCCNCCN(CCCCCNCCN(CCN)CCCCCCCCN(CCC)CCNC(=O)CCOC)CCNC(=O)OC1CCC2(C)C(=CCC3C2CCC2(C)C(C(C)CCCC(C)C)CCC32)C1. The molecule has 2 amide bonds. The van der Waals surface area contributed by atoms with Gasteiger partial charge in [0.05, 0.1) is 6.61 Å². The van der Waals surface area contributed by atoms with Crippen molar-refractivity contribution in [3.8, 4) is 0 Å². The Morgan fingerprint density at radius 2 is 1.28 bits per heavy atom. The van der Waals surface area contributed by atoms with Gasteiger partial charge in [0, 0.05) is 85.4 Å². The van der Waals surface area contributed by atoms with E-state index in [9.17, 15) is 9.59 Å². The molecule has 4 rings (SSSR count). The largest absolute Gasteiger partial charge is 0.446 e. The molecule has 12 nitrogen and oxygen atoms in total. The molecule has 12 heteroatoms. The topological polar surface area (TPSA) is 136 Å². The molecule has 8 atom stereocenters. The van der Waals surface area contributed by atoms with Gasteiger partial charge in [-0.25, -0.2) is 4.79 Å². The van der Waals surface area contributed by atoms with Crippen LogP contribution in [0.15, 0.2) is 11.6 Å². The maximum atomic E-state index is 13.3. The van der Waals surface area contributed by atoms with E-state index in [1.165, 1.54) is 122 Å². The van der Waals surface area contributed by atoms with Gasteiger partial charge >= 0.3 is 6.09 Å². The minimum atomic E-state index is -0.231. The summed E-state index contributed by atoms with van der Waals surface area (Å²) in [4.78, 5) is 32.7. The van der Waals surface area contributed by atoms with Gasteiger partial charge in [0.25, 0.3) is 0 Å². The zero-order valence-electron chi connectivity index (χ0n) is 49.7. The molecular formula is C62H120N8O4. The summed E-state index contributed by atoms with van der Waals surface area (Å²) in [5.74, 6) is 5.13. The van der Waals surface area contributed by atoms with E-state index < -0.39 is 0 Å². The molecule has 0 saturated heterocycles. The number of nitrogens with one attached hydrogen (secondary N) is 4. The van der Waals surface area contributed by atoms with Crippen LogP contribution in [-0.2, 0) is 14.3 Å². The monoisotopic (exact) mass is 1040 g/mol. The molecule has 0 heterocycles. The van der Waals surface area contributed by atoms with Gasteiger partial charge in [-0.15, -0.1) is 0 Å². The first kappa shape index (κ1) is 64.7. The smallest absolute Gasteiger partial charge is 0.407 e. The van der Waals surface area contributed by atoms with Crippen molar-refractivity contribution in [2.45, 2.75) is 209 Å². The second-order valence-corrected chi connectivity index (χ2v) is 24.9. The lowest BCUT2D eigenvalue weighted by atomic mass is 9.47. The quantitative estimate of drug-likeness (QED) is 0.0297. The fourth-order valence-corrected chi connectivity index (χ4v) is 14.6. The molecule has 3 fully saturated rings. The lowest BCUT2D eigenvalue weighted by Crippen LogP contribution is -2.51. The number of amides is 2. The Balaban J connectivity index is 1.07. The van der Waals surface area contributed by atoms with Crippen molar-refractivity contribution < 1.29 is 19.1 Å². The fourth-order valence-electron chi connectivity index (χ4n) is 14.6. The van der Waals surface area contributed by atoms with Gasteiger partial charge in [0.15, 0.2) is 0 Å². The van der Waals surface area contributed by atoms with Crippen molar-refractivity contribution in [2.24, 2.45) is 52.1 Å². The number of hydrogen-bond acceptors (Lipinski definition) is 10. The number of unbranched alkanes of at least 4 members (excludes halogenated alkanes) is 8. The number of carbonyl (C=O) groups is 2. The van der Waals surface area contributed by atoms with Crippen LogP contribution in [0.5, 0.6) is 0 Å². The number of nitrogens with two attached hydrogens (primary N) is 1. The molecule has 8 unspecified atom stereocenters. The third-order valence-electron chi connectivity index (χ3n) is 18.9. The van der Waals surface area contributed by atoms with Gasteiger partial charge in [-0.05, 0) is 169 Å². The van der Waals surface area contributed by atoms with Gasteiger partial charge in [-0.2, -0.15) is 0 Å². The summed E-state index contributed by atoms with van der Waals surface area (Å²) in [6.07, 6.45) is 31.7. The van der Waals surface area contributed by atoms with Crippen molar-refractivity contribution in [3.05, 3.63) is 11.6 Å². The number of carbonyl (C=O) groups excluding carboxylic acids is 2. The van der Waals surface area contributed by atoms with Crippen LogP contribution >= 0.6 is 0 Å². The van der Waals surface area contributed by atoms with Crippen LogP contribution < -0.4 is 27.0 Å². The van der Waals surface area contributed by atoms with Crippen LogP contribution in [0.1, 0.15) is 203 Å². The lowest BCUT2D eigenvalue weighted by molar-refractivity contribution is -0.122. The van der Waals surface area contributed by atoms with Crippen LogP contribution in [0.2, 0.25) is 0 Å². The Morgan fingerprint density at radius 1 is 0.662 bits per heavy atom. The molecule has 0 aliphatic heterocycles. The molecule has 3 saturated carbocycles. The first-order chi connectivity index (χ1) is 35.9. The summed E-state index contributed by atoms with van der Waals surface area (Å²) in [7, 11) is 1.63. The molecule has 0 aromatic rings. The molecule has 432 valence electrons. The van der Waals surface area contributed by atoms with Gasteiger partial charge < -0.3 is 51.2 Å². The van der Waals surface area contributed by atoms with Crippen LogP contribution in [0.25, 0.3) is 0 Å². The van der Waals surface area contributed by atoms with Crippen LogP contribution in [-0.4, -0.2) is 151 Å². The highest BCUT2D eigenvalue weighted by molar-refractivity contribution is 5.75. The van der Waals surface area contributed by atoms with Gasteiger partial charge in [0.2, 0.25) is 5.91 Å². The standard InChI is InChI=1S/C62H120N8O4/c1-9-11-34-64-37-46-70(43-20-16-17-35-65-36-45-69(44-33-63)42-19-15-13-12-14-18-41-68(40-10-2)47-38-66-59(71)30-49-73-8)48-39-67-60(72)74-54-28-31-61(6)53(50-54)24-25-55-57-27-26-56(52(5)23-21-22-51(3)4)62(57,7)32-29-58(55)61/h24,51-52,54-58,64-65H,9-23,25-50,63H2,1-8H3,(H,66,71)(H,67,72). The average Bonchev–Trinajstić information content (AvgIpc) is 3.74. The Kier molecular flexibility index (Phi) is 32.5. The molecule has 74 heavy (non-hydrogen) atoms. The Hall–Kier alpha value is -1.80. The normalized spacial score (nSPS) is 25.0. The van der Waals surface area contributed by atoms with E-state index in [4.69, 9.17) is 15.2 Å². The molecule has 0 aromatic carbocycles. The van der Waals surface area contributed by atoms with Gasteiger partial charge in [0.1, 0.15) is 6.10 Å². The predicted molar refractivity (Wildman–Crippen MR) is 312 cm³/mol. The third-order valence-corrected chi connectivity index (χ3v) is 18.9. The first-order valence-corrected chi connectivity index (χ1v) is 31.6. The minimum Gasteiger partial charge on any atom is -0.446 e. The number of methoxy groups -OCH3 is 1. The van der Waals surface area contributed by atoms with Crippen LogP contribution in [0, 0.1) is 46.3 Å². The van der Waals surface area contributed by atoms with E-state index in [1.807, 2.05) is 0 Å². The lowest BCUT2D eigenvalue weighted by Gasteiger charge is -2.58. The number of hydrogen-bond donors (Lipinski definition) is 5.